The van der Waals surface area contributed by atoms with Crippen LogP contribution in [0.15, 0.2) is 12.4 Å². The average molecular weight is 223 g/mol. The lowest BCUT2D eigenvalue weighted by Gasteiger charge is -2.28. The second-order valence-corrected chi connectivity index (χ2v) is 4.01. The van der Waals surface area contributed by atoms with Crippen LogP contribution in [0.25, 0.3) is 0 Å². The van der Waals surface area contributed by atoms with Crippen LogP contribution in [0, 0.1) is 0 Å². The van der Waals surface area contributed by atoms with E-state index in [1.54, 1.807) is 6.07 Å². The van der Waals surface area contributed by atoms with Crippen molar-refractivity contribution in [3.8, 4) is 5.88 Å². The minimum absolute atomic E-state index is 0.247. The van der Waals surface area contributed by atoms with Crippen molar-refractivity contribution < 1.29 is 4.74 Å². The standard InChI is InChI=1S/C10H17N5O/c1-15-4-2-8(3-5-15)16-10-6-9(14-11)12-7-13-10/h6-8H,2-5,11H2,1H3,(H,12,13,14). The van der Waals surface area contributed by atoms with Gasteiger partial charge in [0.05, 0.1) is 0 Å². The van der Waals surface area contributed by atoms with Crippen molar-refractivity contribution in [2.75, 3.05) is 25.6 Å². The predicted octanol–water partition coefficient (Wildman–Crippen LogP) is 0.235. The quantitative estimate of drug-likeness (QED) is 0.564. The Morgan fingerprint density at radius 2 is 2.19 bits per heavy atom. The molecule has 3 N–H and O–H groups in total. The molecule has 0 bridgehead atoms. The van der Waals surface area contributed by atoms with Crippen molar-refractivity contribution in [2.45, 2.75) is 18.9 Å². The Bertz CT molecular complexity index is 338. The first kappa shape index (κ1) is 11.1. The third-order valence-electron chi connectivity index (χ3n) is 2.74. The molecule has 6 nitrogen and oxygen atoms in total. The highest BCUT2D eigenvalue weighted by Gasteiger charge is 2.18. The van der Waals surface area contributed by atoms with E-state index in [1.165, 1.54) is 6.33 Å². The maximum atomic E-state index is 5.77. The van der Waals surface area contributed by atoms with Crippen molar-refractivity contribution in [3.05, 3.63) is 12.4 Å². The molecule has 6 heteroatoms. The number of nitrogens with zero attached hydrogens (tertiary/aromatic N) is 3. The van der Waals surface area contributed by atoms with Crippen molar-refractivity contribution in [1.29, 1.82) is 0 Å². The van der Waals surface area contributed by atoms with E-state index < -0.39 is 0 Å². The molecule has 88 valence electrons. The van der Waals surface area contributed by atoms with Crippen LogP contribution in [0.2, 0.25) is 0 Å². The van der Waals surface area contributed by atoms with E-state index in [1.807, 2.05) is 0 Å². The number of piperidine rings is 1. The van der Waals surface area contributed by atoms with E-state index in [9.17, 15) is 0 Å². The van der Waals surface area contributed by atoms with E-state index in [-0.39, 0.29) is 6.10 Å². The fourth-order valence-electron chi connectivity index (χ4n) is 1.76. The maximum absolute atomic E-state index is 5.77. The molecule has 0 aliphatic carbocycles. The number of rotatable bonds is 3. The van der Waals surface area contributed by atoms with Crippen LogP contribution in [-0.4, -0.2) is 41.1 Å². The number of likely N-dealkylation sites (tertiary alicyclic amines) is 1. The molecular formula is C10H17N5O. The van der Waals surface area contributed by atoms with Gasteiger partial charge in [0.25, 0.3) is 0 Å². The van der Waals surface area contributed by atoms with Crippen LogP contribution >= 0.6 is 0 Å². The number of nitrogen functional groups attached to an aromatic ring is 1. The minimum Gasteiger partial charge on any atom is -0.474 e. The average Bonchev–Trinajstić information content (AvgIpc) is 2.32. The Labute approximate surface area is 94.8 Å². The van der Waals surface area contributed by atoms with Gasteiger partial charge in [0.1, 0.15) is 18.2 Å². The Hall–Kier alpha value is -1.40. The summed E-state index contributed by atoms with van der Waals surface area (Å²) in [5, 5.41) is 0. The minimum atomic E-state index is 0.247. The number of hydrogen-bond acceptors (Lipinski definition) is 6. The first-order valence-electron chi connectivity index (χ1n) is 5.42. The third kappa shape index (κ3) is 2.80. The molecule has 0 unspecified atom stereocenters. The van der Waals surface area contributed by atoms with Gasteiger partial charge in [-0.3, -0.25) is 0 Å². The first-order chi connectivity index (χ1) is 7.78. The number of aromatic nitrogens is 2. The molecule has 0 atom stereocenters. The normalized spacial score (nSPS) is 18.4. The largest absolute Gasteiger partial charge is 0.474 e. The molecule has 1 saturated heterocycles. The zero-order chi connectivity index (χ0) is 11.4. The van der Waals surface area contributed by atoms with Crippen LogP contribution in [0.3, 0.4) is 0 Å². The Morgan fingerprint density at radius 1 is 1.44 bits per heavy atom. The van der Waals surface area contributed by atoms with Crippen LogP contribution in [0.4, 0.5) is 5.82 Å². The van der Waals surface area contributed by atoms with E-state index in [0.29, 0.717) is 11.7 Å². The molecule has 2 rings (SSSR count). The highest BCUT2D eigenvalue weighted by atomic mass is 16.5. The molecule has 1 aliphatic rings. The van der Waals surface area contributed by atoms with Gasteiger partial charge in [-0.1, -0.05) is 0 Å². The Balaban J connectivity index is 1.93. The predicted molar refractivity (Wildman–Crippen MR) is 61.0 cm³/mol. The van der Waals surface area contributed by atoms with Crippen LogP contribution in [0.1, 0.15) is 12.8 Å². The molecule has 1 aromatic rings. The molecular weight excluding hydrogens is 206 g/mol. The summed E-state index contributed by atoms with van der Waals surface area (Å²) in [5.41, 5.74) is 2.47. The van der Waals surface area contributed by atoms with Crippen molar-refractivity contribution in [1.82, 2.24) is 14.9 Å². The van der Waals surface area contributed by atoms with Gasteiger partial charge in [-0.25, -0.2) is 15.8 Å². The summed E-state index contributed by atoms with van der Waals surface area (Å²) in [4.78, 5) is 10.3. The fraction of sp³-hybridized carbons (Fsp3) is 0.600. The summed E-state index contributed by atoms with van der Waals surface area (Å²) in [7, 11) is 2.12. The zero-order valence-corrected chi connectivity index (χ0v) is 9.39. The third-order valence-corrected chi connectivity index (χ3v) is 2.74. The number of hydrazine groups is 1. The molecule has 0 spiro atoms. The molecule has 2 heterocycles. The van der Waals surface area contributed by atoms with Gasteiger partial charge in [0, 0.05) is 19.2 Å². The summed E-state index contributed by atoms with van der Waals surface area (Å²) in [6.45, 7) is 2.13. The van der Waals surface area contributed by atoms with Crippen molar-refractivity contribution in [2.24, 2.45) is 5.84 Å². The van der Waals surface area contributed by atoms with E-state index in [4.69, 9.17) is 10.6 Å². The molecule has 1 aromatic heterocycles. The summed E-state index contributed by atoms with van der Waals surface area (Å²) in [6.07, 6.45) is 3.76. The summed E-state index contributed by atoms with van der Waals surface area (Å²) in [6, 6.07) is 1.71. The second kappa shape index (κ2) is 5.09. The fourth-order valence-corrected chi connectivity index (χ4v) is 1.76. The highest BCUT2D eigenvalue weighted by molar-refractivity contribution is 5.35. The van der Waals surface area contributed by atoms with Gasteiger partial charge in [0.2, 0.25) is 5.88 Å². The summed E-state index contributed by atoms with van der Waals surface area (Å²) < 4.78 is 5.77. The maximum Gasteiger partial charge on any atom is 0.218 e. The SMILES string of the molecule is CN1CCC(Oc2cc(NN)ncn2)CC1. The highest BCUT2D eigenvalue weighted by Crippen LogP contribution is 2.17. The monoisotopic (exact) mass is 223 g/mol. The number of nitrogens with one attached hydrogen (secondary N) is 1. The number of hydrogen-bond donors (Lipinski definition) is 2. The molecule has 0 amide bonds. The second-order valence-electron chi connectivity index (χ2n) is 4.01. The van der Waals surface area contributed by atoms with Gasteiger partial charge in [0.15, 0.2) is 0 Å². The Morgan fingerprint density at radius 3 is 2.88 bits per heavy atom. The van der Waals surface area contributed by atoms with E-state index >= 15 is 0 Å². The first-order valence-corrected chi connectivity index (χ1v) is 5.42. The van der Waals surface area contributed by atoms with E-state index in [0.717, 1.165) is 25.9 Å². The van der Waals surface area contributed by atoms with Gasteiger partial charge in [-0.15, -0.1) is 0 Å². The Kier molecular flexibility index (Phi) is 3.53. The number of anilines is 1. The van der Waals surface area contributed by atoms with E-state index in [2.05, 4.69) is 27.3 Å². The lowest BCUT2D eigenvalue weighted by atomic mass is 10.1. The molecule has 0 radical (unpaired) electrons. The van der Waals surface area contributed by atoms with Crippen LogP contribution < -0.4 is 16.0 Å². The van der Waals surface area contributed by atoms with Gasteiger partial charge < -0.3 is 15.1 Å². The number of ether oxygens (including phenoxy) is 1. The van der Waals surface area contributed by atoms with Crippen molar-refractivity contribution in [3.63, 3.8) is 0 Å². The van der Waals surface area contributed by atoms with Gasteiger partial charge >= 0.3 is 0 Å². The van der Waals surface area contributed by atoms with Gasteiger partial charge in [-0.05, 0) is 19.9 Å². The summed E-state index contributed by atoms with van der Waals surface area (Å²) in [5.74, 6) is 6.42. The zero-order valence-electron chi connectivity index (χ0n) is 9.39. The topological polar surface area (TPSA) is 76.3 Å². The molecule has 16 heavy (non-hydrogen) atoms. The molecule has 0 saturated carbocycles. The lowest BCUT2D eigenvalue weighted by Crippen LogP contribution is -2.35. The molecule has 0 aromatic carbocycles. The molecule has 1 fully saturated rings. The lowest BCUT2D eigenvalue weighted by molar-refractivity contribution is 0.110. The van der Waals surface area contributed by atoms with Crippen molar-refractivity contribution >= 4 is 5.82 Å². The smallest absolute Gasteiger partial charge is 0.218 e. The summed E-state index contributed by atoms with van der Waals surface area (Å²) >= 11 is 0. The van der Waals surface area contributed by atoms with Crippen LogP contribution in [-0.2, 0) is 0 Å². The number of nitrogens with two attached hydrogens (primary N) is 1. The molecule has 1 aliphatic heterocycles. The van der Waals surface area contributed by atoms with Crippen LogP contribution in [0.5, 0.6) is 5.88 Å². The van der Waals surface area contributed by atoms with Gasteiger partial charge in [-0.2, -0.15) is 0 Å².